The van der Waals surface area contributed by atoms with Gasteiger partial charge in [0.05, 0.1) is 13.3 Å². The van der Waals surface area contributed by atoms with E-state index in [4.69, 9.17) is 10.5 Å². The third-order valence-corrected chi connectivity index (χ3v) is 3.00. The molecule has 1 atom stereocenters. The highest BCUT2D eigenvalue weighted by Gasteiger charge is 2.17. The molecule has 0 aliphatic carbocycles. The Labute approximate surface area is 96.4 Å². The molecule has 0 radical (unpaired) electrons. The maximum absolute atomic E-state index is 6.22. The summed E-state index contributed by atoms with van der Waals surface area (Å²) >= 11 is 0. The average Bonchev–Trinajstić information content (AvgIpc) is 2.39. The molecule has 1 aromatic carbocycles. The third-order valence-electron chi connectivity index (χ3n) is 3.00. The van der Waals surface area contributed by atoms with E-state index in [0.29, 0.717) is 0 Å². The van der Waals surface area contributed by atoms with E-state index >= 15 is 0 Å². The van der Waals surface area contributed by atoms with Crippen molar-refractivity contribution in [1.82, 2.24) is 10.2 Å². The highest BCUT2D eigenvalue weighted by Crippen LogP contribution is 2.19. The number of hydrogen-bond acceptors (Lipinski definition) is 4. The van der Waals surface area contributed by atoms with Crippen molar-refractivity contribution in [3.8, 4) is 5.75 Å². The molecule has 1 aliphatic rings. The van der Waals surface area contributed by atoms with E-state index in [1.54, 1.807) is 7.11 Å². The Hall–Kier alpha value is -1.10. The molecule has 1 unspecified atom stereocenters. The first-order valence-electron chi connectivity index (χ1n) is 5.65. The van der Waals surface area contributed by atoms with Crippen LogP contribution < -0.4 is 15.8 Å². The van der Waals surface area contributed by atoms with Crippen molar-refractivity contribution in [3.63, 3.8) is 0 Å². The summed E-state index contributed by atoms with van der Waals surface area (Å²) < 4.78 is 5.13. The third kappa shape index (κ3) is 2.52. The number of piperazine rings is 1. The highest BCUT2D eigenvalue weighted by molar-refractivity contribution is 5.28. The first-order chi connectivity index (χ1) is 7.81. The second-order valence-corrected chi connectivity index (χ2v) is 4.00. The summed E-state index contributed by atoms with van der Waals surface area (Å²) in [5.74, 6) is 0.872. The SMILES string of the molecule is COc1ccc(C(N)N2CCNCC2)cc1. The van der Waals surface area contributed by atoms with Gasteiger partial charge in [-0.25, -0.2) is 0 Å². The largest absolute Gasteiger partial charge is 0.497 e. The summed E-state index contributed by atoms with van der Waals surface area (Å²) in [4.78, 5) is 2.29. The van der Waals surface area contributed by atoms with Crippen LogP contribution in [0.1, 0.15) is 11.7 Å². The number of rotatable bonds is 3. The fourth-order valence-electron chi connectivity index (χ4n) is 1.97. The lowest BCUT2D eigenvalue weighted by molar-refractivity contribution is 0.177. The predicted octanol–water partition coefficient (Wildman–Crippen LogP) is 0.558. The van der Waals surface area contributed by atoms with Gasteiger partial charge in [-0.3, -0.25) is 4.90 Å². The molecule has 2 rings (SSSR count). The average molecular weight is 221 g/mol. The van der Waals surface area contributed by atoms with Gasteiger partial charge in [0.2, 0.25) is 0 Å². The number of ether oxygens (including phenoxy) is 1. The van der Waals surface area contributed by atoms with Crippen molar-refractivity contribution in [1.29, 1.82) is 0 Å². The van der Waals surface area contributed by atoms with Gasteiger partial charge in [-0.2, -0.15) is 0 Å². The van der Waals surface area contributed by atoms with Crippen LogP contribution in [-0.2, 0) is 0 Å². The summed E-state index contributed by atoms with van der Waals surface area (Å²) in [6.07, 6.45) is -0.00648. The van der Waals surface area contributed by atoms with Crippen LogP contribution in [0.25, 0.3) is 0 Å². The van der Waals surface area contributed by atoms with Gasteiger partial charge in [0.25, 0.3) is 0 Å². The summed E-state index contributed by atoms with van der Waals surface area (Å²) in [6, 6.07) is 7.98. The lowest BCUT2D eigenvalue weighted by atomic mass is 10.1. The maximum atomic E-state index is 6.22. The van der Waals surface area contributed by atoms with Crippen LogP contribution >= 0.6 is 0 Å². The van der Waals surface area contributed by atoms with Crippen molar-refractivity contribution >= 4 is 0 Å². The fraction of sp³-hybridized carbons (Fsp3) is 0.500. The molecular formula is C12H19N3O. The van der Waals surface area contributed by atoms with E-state index in [9.17, 15) is 0 Å². The van der Waals surface area contributed by atoms with E-state index < -0.39 is 0 Å². The van der Waals surface area contributed by atoms with Gasteiger partial charge < -0.3 is 15.8 Å². The summed E-state index contributed by atoms with van der Waals surface area (Å²) in [5.41, 5.74) is 7.36. The molecule has 88 valence electrons. The second kappa shape index (κ2) is 5.30. The molecule has 4 heteroatoms. The van der Waals surface area contributed by atoms with Gasteiger partial charge in [-0.05, 0) is 17.7 Å². The minimum Gasteiger partial charge on any atom is -0.497 e. The van der Waals surface area contributed by atoms with Gasteiger partial charge in [0.15, 0.2) is 0 Å². The molecule has 1 saturated heterocycles. The molecule has 1 aliphatic heterocycles. The van der Waals surface area contributed by atoms with Crippen molar-refractivity contribution in [2.45, 2.75) is 6.17 Å². The highest BCUT2D eigenvalue weighted by atomic mass is 16.5. The smallest absolute Gasteiger partial charge is 0.118 e. The number of hydrogen-bond donors (Lipinski definition) is 2. The quantitative estimate of drug-likeness (QED) is 0.783. The van der Waals surface area contributed by atoms with Gasteiger partial charge in [0, 0.05) is 26.2 Å². The van der Waals surface area contributed by atoms with Crippen LogP contribution in [0.4, 0.5) is 0 Å². The molecule has 1 heterocycles. The Balaban J connectivity index is 2.04. The lowest BCUT2D eigenvalue weighted by Gasteiger charge is -2.32. The summed E-state index contributed by atoms with van der Waals surface area (Å²) in [6.45, 7) is 4.05. The summed E-state index contributed by atoms with van der Waals surface area (Å²) in [7, 11) is 1.67. The first kappa shape index (κ1) is 11.4. The van der Waals surface area contributed by atoms with E-state index in [0.717, 1.165) is 37.5 Å². The Morgan fingerprint density at radius 3 is 2.44 bits per heavy atom. The zero-order valence-electron chi connectivity index (χ0n) is 9.65. The Morgan fingerprint density at radius 2 is 1.88 bits per heavy atom. The Bertz CT molecular complexity index is 320. The predicted molar refractivity (Wildman–Crippen MR) is 64.4 cm³/mol. The Morgan fingerprint density at radius 1 is 1.25 bits per heavy atom. The van der Waals surface area contributed by atoms with Crippen LogP contribution in [0.15, 0.2) is 24.3 Å². The zero-order valence-corrected chi connectivity index (χ0v) is 9.65. The van der Waals surface area contributed by atoms with Gasteiger partial charge in [-0.15, -0.1) is 0 Å². The van der Waals surface area contributed by atoms with Crippen LogP contribution in [0.2, 0.25) is 0 Å². The van der Waals surface area contributed by atoms with Crippen molar-refractivity contribution in [3.05, 3.63) is 29.8 Å². The second-order valence-electron chi connectivity index (χ2n) is 4.00. The number of nitrogens with two attached hydrogens (primary N) is 1. The molecule has 0 bridgehead atoms. The molecule has 0 aromatic heterocycles. The van der Waals surface area contributed by atoms with Crippen molar-refractivity contribution < 1.29 is 4.74 Å². The minimum absolute atomic E-state index is 0.00648. The molecule has 3 N–H and O–H groups in total. The molecule has 16 heavy (non-hydrogen) atoms. The summed E-state index contributed by atoms with van der Waals surface area (Å²) in [5, 5.41) is 3.32. The van der Waals surface area contributed by atoms with E-state index in [1.807, 2.05) is 24.3 Å². The molecule has 0 spiro atoms. The number of nitrogens with one attached hydrogen (secondary N) is 1. The lowest BCUT2D eigenvalue weighted by Crippen LogP contribution is -2.47. The number of nitrogens with zero attached hydrogens (tertiary/aromatic N) is 1. The van der Waals surface area contributed by atoms with E-state index in [1.165, 1.54) is 0 Å². The topological polar surface area (TPSA) is 50.5 Å². The molecule has 0 saturated carbocycles. The maximum Gasteiger partial charge on any atom is 0.118 e. The van der Waals surface area contributed by atoms with Crippen LogP contribution in [-0.4, -0.2) is 38.2 Å². The van der Waals surface area contributed by atoms with Crippen molar-refractivity contribution in [2.75, 3.05) is 33.3 Å². The van der Waals surface area contributed by atoms with Gasteiger partial charge in [-0.1, -0.05) is 12.1 Å². The number of methoxy groups -OCH3 is 1. The van der Waals surface area contributed by atoms with Gasteiger partial charge in [0.1, 0.15) is 5.75 Å². The molecule has 1 fully saturated rings. The van der Waals surface area contributed by atoms with E-state index in [-0.39, 0.29) is 6.17 Å². The van der Waals surface area contributed by atoms with Crippen molar-refractivity contribution in [2.24, 2.45) is 5.73 Å². The normalized spacial score (nSPS) is 19.4. The van der Waals surface area contributed by atoms with Gasteiger partial charge >= 0.3 is 0 Å². The fourth-order valence-corrected chi connectivity index (χ4v) is 1.97. The molecule has 4 nitrogen and oxygen atoms in total. The molecule has 0 amide bonds. The monoisotopic (exact) mass is 221 g/mol. The first-order valence-corrected chi connectivity index (χ1v) is 5.65. The van der Waals surface area contributed by atoms with Crippen LogP contribution in [0.5, 0.6) is 5.75 Å². The minimum atomic E-state index is -0.00648. The number of benzene rings is 1. The molecule has 1 aromatic rings. The zero-order chi connectivity index (χ0) is 11.4. The van der Waals surface area contributed by atoms with E-state index in [2.05, 4.69) is 10.2 Å². The standard InChI is InChI=1S/C12H19N3O/c1-16-11-4-2-10(3-5-11)12(13)15-8-6-14-7-9-15/h2-5,12,14H,6-9,13H2,1H3. The Kier molecular flexibility index (Phi) is 3.77. The molecular weight excluding hydrogens is 202 g/mol. The van der Waals surface area contributed by atoms with Crippen LogP contribution in [0.3, 0.4) is 0 Å². The van der Waals surface area contributed by atoms with Crippen LogP contribution in [0, 0.1) is 0 Å².